The van der Waals surface area contributed by atoms with Crippen molar-refractivity contribution in [3.05, 3.63) is 34.9 Å². The molecular formula is C10H12N2O2. The van der Waals surface area contributed by atoms with Crippen LogP contribution in [0.2, 0.25) is 0 Å². The lowest BCUT2D eigenvalue weighted by atomic mass is 9.95. The van der Waals surface area contributed by atoms with Gasteiger partial charge in [0.15, 0.2) is 0 Å². The van der Waals surface area contributed by atoms with Crippen molar-refractivity contribution < 1.29 is 9.53 Å². The van der Waals surface area contributed by atoms with Gasteiger partial charge < -0.3 is 16.2 Å². The average molecular weight is 192 g/mol. The van der Waals surface area contributed by atoms with Crippen LogP contribution in [0, 0.1) is 0 Å². The van der Waals surface area contributed by atoms with Crippen LogP contribution in [0.1, 0.15) is 27.5 Å². The van der Waals surface area contributed by atoms with Crippen LogP contribution in [0.5, 0.6) is 0 Å². The smallest absolute Gasteiger partial charge is 0.249 e. The summed E-state index contributed by atoms with van der Waals surface area (Å²) in [5, 5.41) is 0. The highest BCUT2D eigenvalue weighted by molar-refractivity contribution is 5.94. The van der Waals surface area contributed by atoms with E-state index in [4.69, 9.17) is 16.2 Å². The standard InChI is InChI=1S/C10H12N2O2/c11-9-5-14-4-8-6(9)2-1-3-7(8)10(12)13/h1-3,9H,4-5,11H2,(H2,12,13)/t9-/m1/s1. The summed E-state index contributed by atoms with van der Waals surface area (Å²) in [6, 6.07) is 5.25. The lowest BCUT2D eigenvalue weighted by molar-refractivity contribution is 0.0885. The number of amides is 1. The van der Waals surface area contributed by atoms with Gasteiger partial charge in [-0.2, -0.15) is 0 Å². The Balaban J connectivity index is 2.55. The summed E-state index contributed by atoms with van der Waals surface area (Å²) in [4.78, 5) is 11.1. The largest absolute Gasteiger partial charge is 0.375 e. The number of ether oxygens (including phenoxy) is 1. The number of carbonyl (C=O) groups excluding carboxylic acids is 1. The van der Waals surface area contributed by atoms with Crippen molar-refractivity contribution >= 4 is 5.91 Å². The molecule has 74 valence electrons. The van der Waals surface area contributed by atoms with E-state index in [1.54, 1.807) is 12.1 Å². The first kappa shape index (κ1) is 9.18. The summed E-state index contributed by atoms with van der Waals surface area (Å²) in [7, 11) is 0. The van der Waals surface area contributed by atoms with Gasteiger partial charge in [-0.1, -0.05) is 12.1 Å². The molecule has 0 unspecified atom stereocenters. The molecule has 4 heteroatoms. The van der Waals surface area contributed by atoms with Gasteiger partial charge in [-0.15, -0.1) is 0 Å². The fraction of sp³-hybridized carbons (Fsp3) is 0.300. The zero-order valence-electron chi connectivity index (χ0n) is 7.69. The molecule has 4 nitrogen and oxygen atoms in total. The zero-order chi connectivity index (χ0) is 10.1. The van der Waals surface area contributed by atoms with Crippen LogP contribution in [0.3, 0.4) is 0 Å². The second-order valence-corrected chi connectivity index (χ2v) is 3.36. The van der Waals surface area contributed by atoms with Crippen LogP contribution in [0.25, 0.3) is 0 Å². The molecule has 1 amide bonds. The molecule has 1 aliphatic heterocycles. The van der Waals surface area contributed by atoms with E-state index in [1.165, 1.54) is 0 Å². The molecule has 1 aromatic carbocycles. The molecule has 0 fully saturated rings. The number of carbonyl (C=O) groups is 1. The number of fused-ring (bicyclic) bond motifs is 1. The summed E-state index contributed by atoms with van der Waals surface area (Å²) in [5.74, 6) is -0.431. The first-order chi connectivity index (χ1) is 6.70. The topological polar surface area (TPSA) is 78.3 Å². The van der Waals surface area contributed by atoms with Crippen molar-refractivity contribution in [1.29, 1.82) is 0 Å². The fourth-order valence-corrected chi connectivity index (χ4v) is 1.72. The van der Waals surface area contributed by atoms with Crippen LogP contribution in [-0.4, -0.2) is 12.5 Å². The van der Waals surface area contributed by atoms with Gasteiger partial charge in [-0.25, -0.2) is 0 Å². The van der Waals surface area contributed by atoms with Gasteiger partial charge in [0.05, 0.1) is 19.3 Å². The van der Waals surface area contributed by atoms with Crippen LogP contribution >= 0.6 is 0 Å². The Morgan fingerprint density at radius 3 is 3.00 bits per heavy atom. The average Bonchev–Trinajstić information content (AvgIpc) is 2.17. The minimum absolute atomic E-state index is 0.155. The highest BCUT2D eigenvalue weighted by atomic mass is 16.5. The molecule has 14 heavy (non-hydrogen) atoms. The molecule has 0 saturated carbocycles. The Hall–Kier alpha value is -1.39. The number of rotatable bonds is 1. The predicted octanol–water partition coefficient (Wildman–Crippen LogP) is 0.316. The normalized spacial score (nSPS) is 20.2. The van der Waals surface area contributed by atoms with Crippen molar-refractivity contribution in [2.24, 2.45) is 11.5 Å². The number of hydrogen-bond acceptors (Lipinski definition) is 3. The molecule has 1 atom stereocenters. The first-order valence-electron chi connectivity index (χ1n) is 4.45. The number of nitrogens with two attached hydrogens (primary N) is 2. The molecule has 0 aromatic heterocycles. The number of hydrogen-bond donors (Lipinski definition) is 2. The highest BCUT2D eigenvalue weighted by Gasteiger charge is 2.21. The maximum absolute atomic E-state index is 11.1. The minimum Gasteiger partial charge on any atom is -0.375 e. The highest BCUT2D eigenvalue weighted by Crippen LogP contribution is 2.25. The van der Waals surface area contributed by atoms with Gasteiger partial charge in [0, 0.05) is 5.56 Å². The van der Waals surface area contributed by atoms with Crippen molar-refractivity contribution in [2.45, 2.75) is 12.6 Å². The van der Waals surface area contributed by atoms with Crippen molar-refractivity contribution in [2.75, 3.05) is 6.61 Å². The lowest BCUT2D eigenvalue weighted by Crippen LogP contribution is -2.26. The van der Waals surface area contributed by atoms with Crippen molar-refractivity contribution in [3.8, 4) is 0 Å². The first-order valence-corrected chi connectivity index (χ1v) is 4.45. The fourth-order valence-electron chi connectivity index (χ4n) is 1.72. The predicted molar refractivity (Wildman–Crippen MR) is 51.5 cm³/mol. The van der Waals surface area contributed by atoms with Gasteiger partial charge in [-0.3, -0.25) is 4.79 Å². The summed E-state index contributed by atoms with van der Waals surface area (Å²) in [5.41, 5.74) is 13.4. The molecule has 1 heterocycles. The molecule has 0 saturated heterocycles. The summed E-state index contributed by atoms with van der Waals surface area (Å²) < 4.78 is 5.27. The van der Waals surface area contributed by atoms with Crippen LogP contribution < -0.4 is 11.5 Å². The van der Waals surface area contributed by atoms with E-state index in [-0.39, 0.29) is 6.04 Å². The molecule has 1 aliphatic rings. The van der Waals surface area contributed by atoms with E-state index in [9.17, 15) is 4.79 Å². The van der Waals surface area contributed by atoms with E-state index in [1.807, 2.05) is 6.07 Å². The third-order valence-corrected chi connectivity index (χ3v) is 2.42. The second-order valence-electron chi connectivity index (χ2n) is 3.36. The number of primary amides is 1. The third kappa shape index (κ3) is 1.38. The monoisotopic (exact) mass is 192 g/mol. The van der Waals surface area contributed by atoms with Gasteiger partial charge in [-0.05, 0) is 17.2 Å². The van der Waals surface area contributed by atoms with Crippen molar-refractivity contribution in [3.63, 3.8) is 0 Å². The molecule has 0 bridgehead atoms. The molecule has 1 aromatic rings. The van der Waals surface area contributed by atoms with Gasteiger partial charge in [0.25, 0.3) is 0 Å². The van der Waals surface area contributed by atoms with Crippen molar-refractivity contribution in [1.82, 2.24) is 0 Å². The van der Waals surface area contributed by atoms with E-state index in [0.29, 0.717) is 18.8 Å². The Labute approximate surface area is 81.8 Å². The maximum atomic E-state index is 11.1. The van der Waals surface area contributed by atoms with E-state index >= 15 is 0 Å². The van der Waals surface area contributed by atoms with Gasteiger partial charge >= 0.3 is 0 Å². The summed E-state index contributed by atoms with van der Waals surface area (Å²) >= 11 is 0. The minimum atomic E-state index is -0.431. The number of benzene rings is 1. The Morgan fingerprint density at radius 2 is 2.29 bits per heavy atom. The van der Waals surface area contributed by atoms with E-state index < -0.39 is 5.91 Å². The molecule has 0 spiro atoms. The summed E-state index contributed by atoms with van der Waals surface area (Å²) in [6.45, 7) is 0.914. The Morgan fingerprint density at radius 1 is 1.50 bits per heavy atom. The molecular weight excluding hydrogens is 180 g/mol. The van der Waals surface area contributed by atoms with E-state index in [2.05, 4.69) is 0 Å². The Kier molecular flexibility index (Phi) is 2.23. The SMILES string of the molecule is NC(=O)c1cccc2c1COC[C@H]2N. The maximum Gasteiger partial charge on any atom is 0.249 e. The second kappa shape index (κ2) is 3.40. The molecule has 0 aliphatic carbocycles. The quantitative estimate of drug-likeness (QED) is 0.672. The van der Waals surface area contributed by atoms with Crippen LogP contribution in [0.15, 0.2) is 18.2 Å². The van der Waals surface area contributed by atoms with Gasteiger partial charge in [0.2, 0.25) is 5.91 Å². The third-order valence-electron chi connectivity index (χ3n) is 2.42. The van der Waals surface area contributed by atoms with Crippen LogP contribution in [0.4, 0.5) is 0 Å². The zero-order valence-corrected chi connectivity index (χ0v) is 7.69. The molecule has 0 radical (unpaired) electrons. The van der Waals surface area contributed by atoms with Crippen LogP contribution in [-0.2, 0) is 11.3 Å². The van der Waals surface area contributed by atoms with E-state index in [0.717, 1.165) is 11.1 Å². The Bertz CT molecular complexity index is 376. The molecule has 4 N–H and O–H groups in total. The lowest BCUT2D eigenvalue weighted by Gasteiger charge is -2.23. The summed E-state index contributed by atoms with van der Waals surface area (Å²) in [6.07, 6.45) is 0. The molecule has 2 rings (SSSR count). The van der Waals surface area contributed by atoms with Gasteiger partial charge in [0.1, 0.15) is 0 Å².